The Hall–Kier alpha value is -2.47. The highest BCUT2D eigenvalue weighted by molar-refractivity contribution is 7.89. The summed E-state index contributed by atoms with van der Waals surface area (Å²) in [6.45, 7) is 5.61. The normalized spacial score (nSPS) is 13.9. The van der Waals surface area contributed by atoms with Crippen molar-refractivity contribution in [1.29, 1.82) is 0 Å². The lowest BCUT2D eigenvalue weighted by atomic mass is 9.95. The molecule has 3 N–H and O–H groups in total. The molecule has 0 radical (unpaired) electrons. The molecular weight excluding hydrogens is 368 g/mol. The van der Waals surface area contributed by atoms with E-state index in [0.717, 1.165) is 27.8 Å². The quantitative estimate of drug-likeness (QED) is 0.653. The Kier molecular flexibility index (Phi) is 5.98. The number of rotatable bonds is 6. The first kappa shape index (κ1) is 20.3. The van der Waals surface area contributed by atoms with E-state index < -0.39 is 22.1 Å². The Morgan fingerprint density at radius 2 is 1.25 bits per heavy atom. The molecular formula is C23H26N2O2S. The Balaban J connectivity index is 2.05. The van der Waals surface area contributed by atoms with Gasteiger partial charge in [-0.2, -0.15) is 0 Å². The molecule has 3 rings (SSSR count). The van der Waals surface area contributed by atoms with Crippen molar-refractivity contribution in [3.05, 3.63) is 101 Å². The minimum absolute atomic E-state index is 0.319. The first-order valence-electron chi connectivity index (χ1n) is 9.25. The zero-order valence-corrected chi connectivity index (χ0v) is 17.2. The fraction of sp³-hybridized carbons (Fsp3) is 0.217. The molecule has 0 aliphatic carbocycles. The van der Waals surface area contributed by atoms with Crippen molar-refractivity contribution in [3.63, 3.8) is 0 Å². The van der Waals surface area contributed by atoms with Gasteiger partial charge in [0, 0.05) is 0 Å². The van der Waals surface area contributed by atoms with Crippen molar-refractivity contribution in [2.45, 2.75) is 37.8 Å². The maximum Gasteiger partial charge on any atom is 0.241 e. The van der Waals surface area contributed by atoms with Crippen LogP contribution in [0.2, 0.25) is 0 Å². The fourth-order valence-electron chi connectivity index (χ4n) is 3.69. The van der Waals surface area contributed by atoms with Gasteiger partial charge in [0.15, 0.2) is 0 Å². The van der Waals surface area contributed by atoms with E-state index in [1.54, 1.807) is 0 Å². The molecule has 2 atom stereocenters. The predicted octanol–water partition coefficient (Wildman–Crippen LogP) is 4.33. The van der Waals surface area contributed by atoms with Gasteiger partial charge >= 0.3 is 0 Å². The van der Waals surface area contributed by atoms with Crippen molar-refractivity contribution in [1.82, 2.24) is 4.72 Å². The van der Waals surface area contributed by atoms with Gasteiger partial charge in [-0.15, -0.1) is 0 Å². The SMILES string of the molecule is Cc1cc(C)c(S(=O)(=O)NC(c2ccccc2)[C@H](N)c2ccccc2)c(C)c1. The lowest BCUT2D eigenvalue weighted by molar-refractivity contribution is 0.503. The lowest BCUT2D eigenvalue weighted by Gasteiger charge is -2.26. The summed E-state index contributed by atoms with van der Waals surface area (Å²) in [6.07, 6.45) is 0. The summed E-state index contributed by atoms with van der Waals surface area (Å²) in [5, 5.41) is 0. The van der Waals surface area contributed by atoms with Crippen molar-refractivity contribution in [2.75, 3.05) is 0 Å². The van der Waals surface area contributed by atoms with E-state index >= 15 is 0 Å². The van der Waals surface area contributed by atoms with Crippen LogP contribution in [0.15, 0.2) is 77.7 Å². The summed E-state index contributed by atoms with van der Waals surface area (Å²) in [5.74, 6) is 0. The topological polar surface area (TPSA) is 72.2 Å². The van der Waals surface area contributed by atoms with Crippen molar-refractivity contribution in [3.8, 4) is 0 Å². The van der Waals surface area contributed by atoms with Crippen molar-refractivity contribution < 1.29 is 8.42 Å². The van der Waals surface area contributed by atoms with E-state index in [2.05, 4.69) is 4.72 Å². The van der Waals surface area contributed by atoms with Gasteiger partial charge in [-0.1, -0.05) is 78.4 Å². The molecule has 3 aromatic rings. The molecule has 0 spiro atoms. The van der Waals surface area contributed by atoms with E-state index in [-0.39, 0.29) is 0 Å². The second-order valence-corrected chi connectivity index (χ2v) is 8.82. The van der Waals surface area contributed by atoms with Gasteiger partial charge in [-0.05, 0) is 43.0 Å². The molecule has 0 aliphatic heterocycles. The first-order valence-corrected chi connectivity index (χ1v) is 10.7. The third-order valence-corrected chi connectivity index (χ3v) is 6.60. The maximum atomic E-state index is 13.3. The minimum Gasteiger partial charge on any atom is -0.322 e. The number of nitrogens with one attached hydrogen (secondary N) is 1. The number of benzene rings is 3. The molecule has 0 saturated heterocycles. The van der Waals surface area contributed by atoms with Crippen LogP contribution in [-0.4, -0.2) is 8.42 Å². The molecule has 3 aromatic carbocycles. The molecule has 0 saturated carbocycles. The van der Waals surface area contributed by atoms with Crippen LogP contribution >= 0.6 is 0 Å². The third-order valence-electron chi connectivity index (χ3n) is 4.86. The second-order valence-electron chi connectivity index (χ2n) is 7.17. The van der Waals surface area contributed by atoms with E-state index in [1.165, 1.54) is 0 Å². The van der Waals surface area contributed by atoms with Gasteiger partial charge < -0.3 is 5.73 Å². The molecule has 4 nitrogen and oxygen atoms in total. The third kappa shape index (κ3) is 4.33. The minimum atomic E-state index is -3.77. The number of sulfonamides is 1. The standard InChI is InChI=1S/C23H26N2O2S/c1-16-14-17(2)23(18(3)15-16)28(26,27)25-22(20-12-8-5-9-13-20)21(24)19-10-6-4-7-11-19/h4-15,21-22,25H,24H2,1-3H3/t21-,22?/m1/s1. The molecule has 0 heterocycles. The van der Waals surface area contributed by atoms with Gasteiger partial charge in [0.2, 0.25) is 10.0 Å². The Morgan fingerprint density at radius 3 is 1.75 bits per heavy atom. The van der Waals surface area contributed by atoms with Gasteiger partial charge in [0.05, 0.1) is 17.0 Å². The maximum absolute atomic E-state index is 13.3. The van der Waals surface area contributed by atoms with E-state index in [4.69, 9.17) is 5.73 Å². The van der Waals surface area contributed by atoms with Gasteiger partial charge in [0.25, 0.3) is 0 Å². The van der Waals surface area contributed by atoms with Crippen molar-refractivity contribution >= 4 is 10.0 Å². The molecule has 0 aliphatic rings. The highest BCUT2D eigenvalue weighted by atomic mass is 32.2. The van der Waals surface area contributed by atoms with Crippen LogP contribution in [0.1, 0.15) is 39.9 Å². The largest absolute Gasteiger partial charge is 0.322 e. The monoisotopic (exact) mass is 394 g/mol. The average molecular weight is 395 g/mol. The summed E-state index contributed by atoms with van der Waals surface area (Å²) in [4.78, 5) is 0.319. The van der Waals surface area contributed by atoms with Crippen LogP contribution in [0, 0.1) is 20.8 Å². The Morgan fingerprint density at radius 1 is 0.786 bits per heavy atom. The van der Waals surface area contributed by atoms with E-state index in [1.807, 2.05) is 93.6 Å². The van der Waals surface area contributed by atoms with E-state index in [9.17, 15) is 8.42 Å². The van der Waals surface area contributed by atoms with Crippen molar-refractivity contribution in [2.24, 2.45) is 5.73 Å². The van der Waals surface area contributed by atoms with Crippen LogP contribution in [0.4, 0.5) is 0 Å². The van der Waals surface area contributed by atoms with Crippen LogP contribution in [-0.2, 0) is 10.0 Å². The molecule has 0 fully saturated rings. The van der Waals surface area contributed by atoms with Crippen LogP contribution in [0.25, 0.3) is 0 Å². The van der Waals surface area contributed by atoms with E-state index in [0.29, 0.717) is 4.90 Å². The van der Waals surface area contributed by atoms with Gasteiger partial charge in [-0.25, -0.2) is 13.1 Å². The molecule has 0 bridgehead atoms. The van der Waals surface area contributed by atoms with Gasteiger partial charge in [0.1, 0.15) is 0 Å². The molecule has 0 aromatic heterocycles. The zero-order chi connectivity index (χ0) is 20.3. The summed E-state index contributed by atoms with van der Waals surface area (Å²) in [5.41, 5.74) is 10.7. The number of nitrogens with two attached hydrogens (primary N) is 1. The fourth-order valence-corrected chi connectivity index (χ4v) is 5.39. The second kappa shape index (κ2) is 8.27. The molecule has 0 amide bonds. The highest BCUT2D eigenvalue weighted by Crippen LogP contribution is 2.30. The smallest absolute Gasteiger partial charge is 0.241 e. The Labute approximate surface area is 167 Å². The number of aryl methyl sites for hydroxylation is 3. The highest BCUT2D eigenvalue weighted by Gasteiger charge is 2.29. The molecule has 28 heavy (non-hydrogen) atoms. The average Bonchev–Trinajstić information content (AvgIpc) is 2.66. The van der Waals surface area contributed by atoms with Crippen LogP contribution in [0.5, 0.6) is 0 Å². The molecule has 146 valence electrons. The summed E-state index contributed by atoms with van der Waals surface area (Å²) >= 11 is 0. The predicted molar refractivity (Wildman–Crippen MR) is 114 cm³/mol. The Bertz CT molecular complexity index is 1030. The summed E-state index contributed by atoms with van der Waals surface area (Å²) in [6, 6.07) is 21.7. The van der Waals surface area contributed by atoms with Crippen LogP contribution < -0.4 is 10.5 Å². The number of hydrogen-bond acceptors (Lipinski definition) is 3. The summed E-state index contributed by atoms with van der Waals surface area (Å²) < 4.78 is 29.5. The first-order chi connectivity index (χ1) is 13.3. The molecule has 1 unspecified atom stereocenters. The number of hydrogen-bond donors (Lipinski definition) is 2. The van der Waals surface area contributed by atoms with Gasteiger partial charge in [-0.3, -0.25) is 0 Å². The summed E-state index contributed by atoms with van der Waals surface area (Å²) in [7, 11) is -3.77. The van der Waals surface area contributed by atoms with Crippen LogP contribution in [0.3, 0.4) is 0 Å². The lowest BCUT2D eigenvalue weighted by Crippen LogP contribution is -2.36. The molecule has 5 heteroatoms. The zero-order valence-electron chi connectivity index (χ0n) is 16.4.